The molecule has 0 spiro atoms. The summed E-state index contributed by atoms with van der Waals surface area (Å²) in [5, 5.41) is 2.72. The second-order valence-corrected chi connectivity index (χ2v) is 7.00. The minimum absolute atomic E-state index is 0.0608. The number of hydrogen-bond acceptors (Lipinski definition) is 5. The van der Waals surface area contributed by atoms with Gasteiger partial charge in [-0.2, -0.15) is 0 Å². The van der Waals surface area contributed by atoms with E-state index in [0.717, 1.165) is 23.0 Å². The van der Waals surface area contributed by atoms with Crippen LogP contribution in [0.1, 0.15) is 33.4 Å². The fraction of sp³-hybridized carbons (Fsp3) is 0.227. The van der Waals surface area contributed by atoms with Crippen LogP contribution in [0.15, 0.2) is 48.8 Å². The molecule has 0 unspecified atom stereocenters. The van der Waals surface area contributed by atoms with Gasteiger partial charge in [0.05, 0.1) is 37.5 Å². The molecule has 4 rings (SSSR count). The van der Waals surface area contributed by atoms with Crippen molar-refractivity contribution < 1.29 is 23.5 Å². The number of halogens is 1. The molecule has 1 atom stereocenters. The summed E-state index contributed by atoms with van der Waals surface area (Å²) in [5.74, 6) is -0.643. The summed E-state index contributed by atoms with van der Waals surface area (Å²) in [6.07, 6.45) is 2.21. The summed E-state index contributed by atoms with van der Waals surface area (Å²) in [4.78, 5) is 34.5. The van der Waals surface area contributed by atoms with E-state index in [2.05, 4.69) is 15.3 Å². The summed E-state index contributed by atoms with van der Waals surface area (Å²) >= 11 is 0. The highest BCUT2D eigenvalue weighted by Gasteiger charge is 2.34. The standard InChI is InChI=1S/C22H21FN4O4/c1-30-15-6-3-13(4-7-15)20-19-18(24-12-25-19)9-10-27(20)22(29)26-17-8-5-14(23)11-16(17)21(28)31-2/h3-8,11-12,20H,9-10H2,1-2H3,(H,24,25)(H,26,29)/t20-/m0/s1. The number of nitrogens with zero attached hydrogens (tertiary/aromatic N) is 2. The Kier molecular flexibility index (Phi) is 5.57. The lowest BCUT2D eigenvalue weighted by Crippen LogP contribution is -2.43. The van der Waals surface area contributed by atoms with Crippen LogP contribution in [0.3, 0.4) is 0 Å². The largest absolute Gasteiger partial charge is 0.497 e. The average Bonchev–Trinajstić information content (AvgIpc) is 3.28. The van der Waals surface area contributed by atoms with Gasteiger partial charge in [0.15, 0.2) is 0 Å². The number of aromatic nitrogens is 2. The van der Waals surface area contributed by atoms with Gasteiger partial charge in [0, 0.05) is 18.7 Å². The molecule has 0 fully saturated rings. The van der Waals surface area contributed by atoms with Gasteiger partial charge in [-0.15, -0.1) is 0 Å². The van der Waals surface area contributed by atoms with Crippen molar-refractivity contribution in [2.24, 2.45) is 0 Å². The predicted molar refractivity (Wildman–Crippen MR) is 111 cm³/mol. The van der Waals surface area contributed by atoms with E-state index in [0.29, 0.717) is 18.7 Å². The van der Waals surface area contributed by atoms with E-state index in [4.69, 9.17) is 9.47 Å². The molecule has 0 aliphatic carbocycles. The maximum absolute atomic E-state index is 13.7. The van der Waals surface area contributed by atoms with Gasteiger partial charge in [-0.25, -0.2) is 19.0 Å². The number of nitrogens with one attached hydrogen (secondary N) is 2. The normalized spacial score (nSPS) is 15.2. The molecule has 2 N–H and O–H groups in total. The van der Waals surface area contributed by atoms with E-state index in [-0.39, 0.29) is 11.3 Å². The van der Waals surface area contributed by atoms with Gasteiger partial charge in [0.25, 0.3) is 0 Å². The van der Waals surface area contributed by atoms with Gasteiger partial charge in [-0.05, 0) is 35.9 Å². The fourth-order valence-corrected chi connectivity index (χ4v) is 3.71. The smallest absolute Gasteiger partial charge is 0.340 e. The quantitative estimate of drug-likeness (QED) is 0.625. The Morgan fingerprint density at radius 1 is 1.19 bits per heavy atom. The predicted octanol–water partition coefficient (Wildman–Crippen LogP) is 3.52. The average molecular weight is 424 g/mol. The number of imidazole rings is 1. The molecule has 2 heterocycles. The van der Waals surface area contributed by atoms with Crippen LogP contribution in [0, 0.1) is 5.82 Å². The SMILES string of the molecule is COC(=O)c1cc(F)ccc1NC(=O)N1CCc2[nH]cnc2[C@@H]1c1ccc(OC)cc1. The van der Waals surface area contributed by atoms with Crippen molar-refractivity contribution in [3.05, 3.63) is 77.1 Å². The number of rotatable bonds is 4. The summed E-state index contributed by atoms with van der Waals surface area (Å²) < 4.78 is 23.6. The van der Waals surface area contributed by atoms with Crippen LogP contribution in [0.5, 0.6) is 5.75 Å². The van der Waals surface area contributed by atoms with E-state index < -0.39 is 23.9 Å². The summed E-state index contributed by atoms with van der Waals surface area (Å²) in [7, 11) is 2.78. The molecule has 3 aromatic rings. The van der Waals surface area contributed by atoms with E-state index in [1.807, 2.05) is 24.3 Å². The van der Waals surface area contributed by atoms with Gasteiger partial charge in [-0.3, -0.25) is 0 Å². The van der Waals surface area contributed by atoms with Crippen molar-refractivity contribution in [2.45, 2.75) is 12.5 Å². The van der Waals surface area contributed by atoms with Crippen molar-refractivity contribution in [2.75, 3.05) is 26.1 Å². The Hall–Kier alpha value is -3.88. The number of carbonyl (C=O) groups is 2. The molecule has 1 aliphatic rings. The number of hydrogen-bond donors (Lipinski definition) is 2. The fourth-order valence-electron chi connectivity index (χ4n) is 3.71. The zero-order valence-corrected chi connectivity index (χ0v) is 17.0. The third-order valence-electron chi connectivity index (χ3n) is 5.25. The first kappa shape index (κ1) is 20.4. The number of esters is 1. The number of methoxy groups -OCH3 is 2. The molecular formula is C22H21FN4O4. The van der Waals surface area contributed by atoms with Crippen LogP contribution in [-0.2, 0) is 11.2 Å². The summed E-state index contributed by atoms with van der Waals surface area (Å²) in [5.41, 5.74) is 2.67. The van der Waals surface area contributed by atoms with Crippen molar-refractivity contribution in [3.8, 4) is 5.75 Å². The molecule has 1 aliphatic heterocycles. The second-order valence-electron chi connectivity index (χ2n) is 7.00. The van der Waals surface area contributed by atoms with Crippen molar-refractivity contribution in [1.82, 2.24) is 14.9 Å². The van der Waals surface area contributed by atoms with Gasteiger partial charge in [0.1, 0.15) is 17.6 Å². The van der Waals surface area contributed by atoms with E-state index in [9.17, 15) is 14.0 Å². The Bertz CT molecular complexity index is 1110. The van der Waals surface area contributed by atoms with Crippen LogP contribution in [0.4, 0.5) is 14.9 Å². The first-order valence-electron chi connectivity index (χ1n) is 9.63. The number of anilines is 1. The molecule has 9 heteroatoms. The molecule has 0 radical (unpaired) electrons. The summed E-state index contributed by atoms with van der Waals surface area (Å²) in [6.45, 7) is 0.423. The van der Waals surface area contributed by atoms with Gasteiger partial charge >= 0.3 is 12.0 Å². The van der Waals surface area contributed by atoms with Crippen molar-refractivity contribution in [3.63, 3.8) is 0 Å². The van der Waals surface area contributed by atoms with Gasteiger partial charge < -0.3 is 24.7 Å². The maximum atomic E-state index is 13.7. The van der Waals surface area contributed by atoms with E-state index in [1.54, 1.807) is 18.3 Å². The van der Waals surface area contributed by atoms with Crippen LogP contribution >= 0.6 is 0 Å². The van der Waals surface area contributed by atoms with Crippen LogP contribution < -0.4 is 10.1 Å². The van der Waals surface area contributed by atoms with Crippen molar-refractivity contribution in [1.29, 1.82) is 0 Å². The lowest BCUT2D eigenvalue weighted by molar-refractivity contribution is 0.0601. The van der Waals surface area contributed by atoms with E-state index >= 15 is 0 Å². The zero-order valence-electron chi connectivity index (χ0n) is 17.0. The molecule has 8 nitrogen and oxygen atoms in total. The molecule has 1 aromatic heterocycles. The number of amides is 2. The van der Waals surface area contributed by atoms with Crippen LogP contribution in [-0.4, -0.2) is 47.6 Å². The third-order valence-corrected chi connectivity index (χ3v) is 5.25. The Morgan fingerprint density at radius 3 is 2.68 bits per heavy atom. The number of carbonyl (C=O) groups excluding carboxylic acids is 2. The maximum Gasteiger partial charge on any atom is 0.340 e. The molecule has 31 heavy (non-hydrogen) atoms. The van der Waals surface area contributed by atoms with Crippen LogP contribution in [0.25, 0.3) is 0 Å². The minimum Gasteiger partial charge on any atom is -0.497 e. The molecule has 0 saturated carbocycles. The number of aromatic amines is 1. The first-order valence-corrected chi connectivity index (χ1v) is 9.63. The molecule has 0 saturated heterocycles. The molecule has 2 aromatic carbocycles. The lowest BCUT2D eigenvalue weighted by Gasteiger charge is -2.35. The minimum atomic E-state index is -0.741. The van der Waals surface area contributed by atoms with Gasteiger partial charge in [0.2, 0.25) is 0 Å². The lowest BCUT2D eigenvalue weighted by atomic mass is 9.96. The van der Waals surface area contributed by atoms with Crippen molar-refractivity contribution >= 4 is 17.7 Å². The summed E-state index contributed by atoms with van der Waals surface area (Å²) in [6, 6.07) is 10.1. The third kappa shape index (κ3) is 3.94. The second kappa shape index (κ2) is 8.47. The molecular weight excluding hydrogens is 403 g/mol. The zero-order chi connectivity index (χ0) is 22.0. The highest BCUT2D eigenvalue weighted by atomic mass is 19.1. The Labute approximate surface area is 178 Å². The van der Waals surface area contributed by atoms with E-state index in [1.165, 1.54) is 19.2 Å². The number of benzene rings is 2. The highest BCUT2D eigenvalue weighted by molar-refractivity contribution is 6.01. The topological polar surface area (TPSA) is 96.6 Å². The first-order chi connectivity index (χ1) is 15.0. The molecule has 160 valence electrons. The van der Waals surface area contributed by atoms with Gasteiger partial charge in [-0.1, -0.05) is 12.1 Å². The van der Waals surface area contributed by atoms with Crippen LogP contribution in [0.2, 0.25) is 0 Å². The Balaban J connectivity index is 1.67. The molecule has 2 amide bonds. The number of H-pyrrole nitrogens is 1. The highest BCUT2D eigenvalue weighted by Crippen LogP contribution is 2.34. The number of urea groups is 1. The monoisotopic (exact) mass is 424 g/mol. The number of ether oxygens (including phenoxy) is 2. The number of fused-ring (bicyclic) bond motifs is 1. The Morgan fingerprint density at radius 2 is 1.97 bits per heavy atom. The molecule has 0 bridgehead atoms.